The van der Waals surface area contributed by atoms with Crippen molar-refractivity contribution in [3.63, 3.8) is 0 Å². The highest BCUT2D eigenvalue weighted by atomic mass is 16.6. The first-order chi connectivity index (χ1) is 9.99. The van der Waals surface area contributed by atoms with Crippen LogP contribution in [-0.4, -0.2) is 21.8 Å². The molecule has 2 rings (SSSR count). The van der Waals surface area contributed by atoms with Crippen molar-refractivity contribution in [3.05, 3.63) is 33.9 Å². The van der Waals surface area contributed by atoms with Crippen LogP contribution in [0.1, 0.15) is 18.9 Å². The molecule has 0 saturated heterocycles. The number of methoxy groups -OCH3 is 1. The van der Waals surface area contributed by atoms with Crippen molar-refractivity contribution in [1.82, 2.24) is 9.78 Å². The fourth-order valence-electron chi connectivity index (χ4n) is 2.28. The second kappa shape index (κ2) is 5.82. The Morgan fingerprint density at radius 2 is 2.19 bits per heavy atom. The van der Waals surface area contributed by atoms with Gasteiger partial charge in [-0.05, 0) is 12.5 Å². The van der Waals surface area contributed by atoms with Crippen LogP contribution in [0.3, 0.4) is 0 Å². The van der Waals surface area contributed by atoms with Gasteiger partial charge in [-0.2, -0.15) is 5.10 Å². The van der Waals surface area contributed by atoms with E-state index in [2.05, 4.69) is 12.0 Å². The van der Waals surface area contributed by atoms with E-state index in [0.29, 0.717) is 22.8 Å². The molecule has 0 aliphatic rings. The summed E-state index contributed by atoms with van der Waals surface area (Å²) in [6.45, 7) is 2.06. The molecule has 2 N–H and O–H groups in total. The van der Waals surface area contributed by atoms with Crippen molar-refractivity contribution < 1.29 is 9.66 Å². The minimum atomic E-state index is -0.452. The molecule has 7 nitrogen and oxygen atoms in total. The zero-order chi connectivity index (χ0) is 15.6. The van der Waals surface area contributed by atoms with Gasteiger partial charge >= 0.3 is 0 Å². The van der Waals surface area contributed by atoms with Crippen LogP contribution in [0.5, 0.6) is 5.75 Å². The number of nitro groups is 1. The Morgan fingerprint density at radius 1 is 1.48 bits per heavy atom. The number of hydrogen-bond acceptors (Lipinski definition) is 5. The van der Waals surface area contributed by atoms with Gasteiger partial charge in [0.05, 0.1) is 18.1 Å². The predicted octanol–water partition coefficient (Wildman–Crippen LogP) is 2.54. The maximum Gasteiger partial charge on any atom is 0.273 e. The summed E-state index contributed by atoms with van der Waals surface area (Å²) < 4.78 is 6.89. The number of rotatable bonds is 5. The first-order valence-electron chi connectivity index (χ1n) is 6.63. The summed E-state index contributed by atoms with van der Waals surface area (Å²) in [5, 5.41) is 15.3. The minimum absolute atomic E-state index is 0.0171. The van der Waals surface area contributed by atoms with Gasteiger partial charge in [-0.25, -0.2) is 0 Å². The largest absolute Gasteiger partial charge is 0.496 e. The zero-order valence-electron chi connectivity index (χ0n) is 12.3. The van der Waals surface area contributed by atoms with Gasteiger partial charge in [0.1, 0.15) is 17.3 Å². The molecule has 0 amide bonds. The van der Waals surface area contributed by atoms with Gasteiger partial charge in [0, 0.05) is 24.2 Å². The Labute approximate surface area is 122 Å². The smallest absolute Gasteiger partial charge is 0.273 e. The zero-order valence-corrected chi connectivity index (χ0v) is 12.3. The van der Waals surface area contributed by atoms with Crippen LogP contribution in [0.4, 0.5) is 11.5 Å². The number of non-ortho nitro benzene ring substituents is 1. The van der Waals surface area contributed by atoms with E-state index in [-0.39, 0.29) is 5.69 Å². The molecule has 0 spiro atoms. The predicted molar refractivity (Wildman–Crippen MR) is 80.3 cm³/mol. The van der Waals surface area contributed by atoms with Crippen LogP contribution in [-0.2, 0) is 13.5 Å². The van der Waals surface area contributed by atoms with Gasteiger partial charge in [0.2, 0.25) is 0 Å². The van der Waals surface area contributed by atoms with Crippen molar-refractivity contribution in [1.29, 1.82) is 0 Å². The van der Waals surface area contributed by atoms with E-state index in [1.807, 2.05) is 0 Å². The fourth-order valence-corrected chi connectivity index (χ4v) is 2.28. The standard InChI is InChI=1S/C14H18N4O3/c1-4-5-11-13(16-17(2)14(11)15)10-7-6-9(18(19)20)8-12(10)21-3/h6-8H,4-5,15H2,1-3H3. The molecule has 1 heterocycles. The lowest BCUT2D eigenvalue weighted by Gasteiger charge is -2.08. The fraction of sp³-hybridized carbons (Fsp3) is 0.357. The molecular formula is C14H18N4O3. The number of nitrogens with zero attached hydrogens (tertiary/aromatic N) is 3. The Bertz CT molecular complexity index is 679. The van der Waals surface area contributed by atoms with Gasteiger partial charge in [-0.1, -0.05) is 13.3 Å². The number of benzene rings is 1. The summed E-state index contributed by atoms with van der Waals surface area (Å²) in [6.07, 6.45) is 1.72. The van der Waals surface area contributed by atoms with Gasteiger partial charge in [-0.15, -0.1) is 0 Å². The average Bonchev–Trinajstić information content (AvgIpc) is 2.75. The quantitative estimate of drug-likeness (QED) is 0.674. The van der Waals surface area contributed by atoms with Gasteiger partial charge in [0.25, 0.3) is 5.69 Å². The van der Waals surface area contributed by atoms with Gasteiger partial charge < -0.3 is 10.5 Å². The van der Waals surface area contributed by atoms with E-state index in [1.165, 1.54) is 19.2 Å². The number of aromatic nitrogens is 2. The third-order valence-corrected chi connectivity index (χ3v) is 3.34. The summed E-state index contributed by atoms with van der Waals surface area (Å²) in [4.78, 5) is 10.4. The van der Waals surface area contributed by atoms with Crippen molar-refractivity contribution in [2.45, 2.75) is 19.8 Å². The lowest BCUT2D eigenvalue weighted by molar-refractivity contribution is -0.384. The summed E-state index contributed by atoms with van der Waals surface area (Å²) in [5.41, 5.74) is 8.39. The van der Waals surface area contributed by atoms with Crippen molar-refractivity contribution in [2.75, 3.05) is 12.8 Å². The summed E-state index contributed by atoms with van der Waals surface area (Å²) in [5.74, 6) is 1.02. The maximum atomic E-state index is 10.9. The molecule has 0 bridgehead atoms. The number of ether oxygens (including phenoxy) is 1. The molecule has 0 atom stereocenters. The average molecular weight is 290 g/mol. The van der Waals surface area contributed by atoms with E-state index < -0.39 is 4.92 Å². The Morgan fingerprint density at radius 3 is 2.76 bits per heavy atom. The molecular weight excluding hydrogens is 272 g/mol. The van der Waals surface area contributed by atoms with Crippen LogP contribution in [0.15, 0.2) is 18.2 Å². The third kappa shape index (κ3) is 2.67. The Hall–Kier alpha value is -2.57. The minimum Gasteiger partial charge on any atom is -0.496 e. The highest BCUT2D eigenvalue weighted by molar-refractivity contribution is 5.75. The first-order valence-corrected chi connectivity index (χ1v) is 6.63. The normalized spacial score (nSPS) is 10.6. The highest BCUT2D eigenvalue weighted by Crippen LogP contribution is 2.36. The molecule has 0 saturated carbocycles. The van der Waals surface area contributed by atoms with Crippen LogP contribution in [0.25, 0.3) is 11.3 Å². The number of anilines is 1. The van der Waals surface area contributed by atoms with E-state index in [1.54, 1.807) is 17.8 Å². The van der Waals surface area contributed by atoms with Crippen LogP contribution in [0, 0.1) is 10.1 Å². The summed E-state index contributed by atoms with van der Waals surface area (Å²) in [7, 11) is 3.25. The Balaban J connectivity index is 2.61. The van der Waals surface area contributed by atoms with Gasteiger partial charge in [-0.3, -0.25) is 14.8 Å². The highest BCUT2D eigenvalue weighted by Gasteiger charge is 2.20. The van der Waals surface area contributed by atoms with Crippen molar-refractivity contribution >= 4 is 11.5 Å². The number of nitrogens with two attached hydrogens (primary N) is 1. The van der Waals surface area contributed by atoms with Crippen LogP contribution >= 0.6 is 0 Å². The van der Waals surface area contributed by atoms with Crippen LogP contribution < -0.4 is 10.5 Å². The van der Waals surface area contributed by atoms with E-state index in [9.17, 15) is 10.1 Å². The monoisotopic (exact) mass is 290 g/mol. The van der Waals surface area contributed by atoms with E-state index in [4.69, 9.17) is 10.5 Å². The number of hydrogen-bond donors (Lipinski definition) is 1. The molecule has 112 valence electrons. The number of nitrogen functional groups attached to an aromatic ring is 1. The second-order valence-electron chi connectivity index (χ2n) is 4.73. The molecule has 2 aromatic rings. The Kier molecular flexibility index (Phi) is 4.11. The molecule has 0 fully saturated rings. The third-order valence-electron chi connectivity index (χ3n) is 3.34. The number of aryl methyl sites for hydroxylation is 1. The topological polar surface area (TPSA) is 96.2 Å². The van der Waals surface area contributed by atoms with E-state index >= 15 is 0 Å². The summed E-state index contributed by atoms with van der Waals surface area (Å²) in [6, 6.07) is 4.49. The summed E-state index contributed by atoms with van der Waals surface area (Å²) >= 11 is 0. The molecule has 1 aromatic carbocycles. The van der Waals surface area contributed by atoms with Crippen molar-refractivity contribution in [3.8, 4) is 17.0 Å². The second-order valence-corrected chi connectivity index (χ2v) is 4.73. The van der Waals surface area contributed by atoms with Gasteiger partial charge in [0.15, 0.2) is 0 Å². The lowest BCUT2D eigenvalue weighted by atomic mass is 10.0. The molecule has 7 heteroatoms. The molecule has 21 heavy (non-hydrogen) atoms. The molecule has 1 aromatic heterocycles. The van der Waals surface area contributed by atoms with Crippen LogP contribution in [0.2, 0.25) is 0 Å². The molecule has 0 unspecified atom stereocenters. The maximum absolute atomic E-state index is 10.9. The van der Waals surface area contributed by atoms with Crippen molar-refractivity contribution in [2.24, 2.45) is 7.05 Å². The first kappa shape index (κ1) is 14.8. The molecule has 0 radical (unpaired) electrons. The number of nitro benzene ring substituents is 1. The lowest BCUT2D eigenvalue weighted by Crippen LogP contribution is -1.99. The molecule has 0 aliphatic carbocycles. The SMILES string of the molecule is CCCc1c(-c2ccc([N+](=O)[O-])cc2OC)nn(C)c1N. The van der Waals surface area contributed by atoms with E-state index in [0.717, 1.165) is 18.4 Å². The molecule has 0 aliphatic heterocycles.